The number of cyclic esters (lactones) is 1. The molecule has 2 aliphatic heterocycles. The molecule has 0 bridgehead atoms. The van der Waals surface area contributed by atoms with Crippen LogP contribution in [0.25, 0.3) is 5.57 Å². The van der Waals surface area contributed by atoms with Crippen molar-refractivity contribution in [2.75, 3.05) is 24.5 Å². The third kappa shape index (κ3) is 5.54. The number of rotatable bonds is 6. The maximum absolute atomic E-state index is 15.1. The van der Waals surface area contributed by atoms with Gasteiger partial charge in [0.2, 0.25) is 5.91 Å². The largest absolute Gasteiger partial charge is 0.444 e. The molecule has 1 atom stereocenters. The van der Waals surface area contributed by atoms with Crippen LogP contribution in [0.15, 0.2) is 54.7 Å². The highest BCUT2D eigenvalue weighted by molar-refractivity contribution is 5.90. The third-order valence-electron chi connectivity index (χ3n) is 5.66. The molecule has 0 saturated carbocycles. The van der Waals surface area contributed by atoms with Crippen LogP contribution in [0, 0.1) is 5.82 Å². The summed E-state index contributed by atoms with van der Waals surface area (Å²) in [6.07, 6.45) is 1.34. The van der Waals surface area contributed by atoms with Gasteiger partial charge in [0.25, 0.3) is 0 Å². The Bertz CT molecular complexity index is 1100. The van der Waals surface area contributed by atoms with Gasteiger partial charge in [0.1, 0.15) is 18.5 Å². The molecule has 0 aromatic heterocycles. The summed E-state index contributed by atoms with van der Waals surface area (Å²) in [7, 11) is 0. The van der Waals surface area contributed by atoms with Gasteiger partial charge in [-0.2, -0.15) is 0 Å². The van der Waals surface area contributed by atoms with Crippen LogP contribution in [0.3, 0.4) is 0 Å². The lowest BCUT2D eigenvalue weighted by molar-refractivity contribution is -0.119. The zero-order chi connectivity index (χ0) is 24.1. The fourth-order valence-corrected chi connectivity index (χ4v) is 3.94. The molecule has 178 valence electrons. The average Bonchev–Trinajstić information content (AvgIpc) is 3.22. The Kier molecular flexibility index (Phi) is 7.10. The van der Waals surface area contributed by atoms with Crippen LogP contribution in [0.5, 0.6) is 0 Å². The first-order chi connectivity index (χ1) is 16.4. The van der Waals surface area contributed by atoms with Crippen molar-refractivity contribution in [2.24, 2.45) is 0 Å². The number of ether oxygens (including phenoxy) is 2. The summed E-state index contributed by atoms with van der Waals surface area (Å²) in [6.45, 7) is 2.44. The molecule has 2 aromatic carbocycles. The number of nitrogens with zero attached hydrogens (tertiary/aromatic N) is 2. The molecule has 2 aliphatic rings. The van der Waals surface area contributed by atoms with E-state index < -0.39 is 24.1 Å². The number of amides is 3. The lowest BCUT2D eigenvalue weighted by Crippen LogP contribution is -2.33. The molecular weight excluding hydrogens is 441 g/mol. The molecule has 0 spiro atoms. The third-order valence-corrected chi connectivity index (χ3v) is 5.66. The summed E-state index contributed by atoms with van der Waals surface area (Å²) in [5, 5.41) is 2.61. The molecule has 9 heteroatoms. The fraction of sp³-hybridized carbons (Fsp3) is 0.320. The number of carbonyl (C=O) groups is 3. The Hall–Kier alpha value is -3.88. The molecule has 0 radical (unpaired) electrons. The van der Waals surface area contributed by atoms with Gasteiger partial charge in [0.15, 0.2) is 0 Å². The van der Waals surface area contributed by atoms with E-state index in [2.05, 4.69) is 5.32 Å². The average molecular weight is 467 g/mol. The molecule has 1 N–H and O–H groups in total. The summed E-state index contributed by atoms with van der Waals surface area (Å²) in [6, 6.07) is 13.9. The molecule has 2 heterocycles. The number of hydrogen-bond acceptors (Lipinski definition) is 5. The van der Waals surface area contributed by atoms with Gasteiger partial charge in [-0.05, 0) is 42.2 Å². The molecule has 3 amide bonds. The number of nitrogens with one attached hydrogen (secondary N) is 1. The predicted molar refractivity (Wildman–Crippen MR) is 123 cm³/mol. The van der Waals surface area contributed by atoms with Gasteiger partial charge in [-0.25, -0.2) is 14.0 Å². The first kappa shape index (κ1) is 23.3. The second kappa shape index (κ2) is 10.4. The van der Waals surface area contributed by atoms with Gasteiger partial charge in [0, 0.05) is 25.2 Å². The zero-order valence-corrected chi connectivity index (χ0v) is 18.8. The van der Waals surface area contributed by atoms with Crippen LogP contribution in [0.4, 0.5) is 19.7 Å². The van der Waals surface area contributed by atoms with Crippen LogP contribution >= 0.6 is 0 Å². The highest BCUT2D eigenvalue weighted by Crippen LogP contribution is 2.31. The molecule has 1 saturated heterocycles. The van der Waals surface area contributed by atoms with Gasteiger partial charge < -0.3 is 14.8 Å². The van der Waals surface area contributed by atoms with E-state index in [0.29, 0.717) is 36.2 Å². The van der Waals surface area contributed by atoms with Crippen molar-refractivity contribution in [3.8, 4) is 0 Å². The van der Waals surface area contributed by atoms with Crippen LogP contribution in [0.2, 0.25) is 0 Å². The quantitative estimate of drug-likeness (QED) is 0.692. The minimum Gasteiger partial charge on any atom is -0.444 e. The lowest BCUT2D eigenvalue weighted by Gasteiger charge is -2.25. The molecule has 0 aliphatic carbocycles. The highest BCUT2D eigenvalue weighted by atomic mass is 19.1. The number of anilines is 1. The standard InChI is InChI=1S/C25H26FN3O5/c1-17(30)27-13-21-15-29(25(32)34-21)20-9-10-22(23(26)12-20)19-8-5-11-28(14-19)24(31)33-16-18-6-3-2-4-7-18/h2-4,6-7,9-10,12,14,21H,5,8,11,13,15-16H2,1H3,(H,27,30)/t21-/m0/s1. The van der Waals surface area contributed by atoms with Crippen LogP contribution in [-0.4, -0.2) is 48.7 Å². The van der Waals surface area contributed by atoms with E-state index in [9.17, 15) is 14.4 Å². The van der Waals surface area contributed by atoms with Crippen molar-refractivity contribution < 1.29 is 28.2 Å². The van der Waals surface area contributed by atoms with E-state index in [4.69, 9.17) is 9.47 Å². The van der Waals surface area contributed by atoms with E-state index in [0.717, 1.165) is 5.56 Å². The van der Waals surface area contributed by atoms with E-state index in [1.54, 1.807) is 18.3 Å². The van der Waals surface area contributed by atoms with E-state index in [-0.39, 0.29) is 25.6 Å². The van der Waals surface area contributed by atoms with E-state index >= 15 is 4.39 Å². The Balaban J connectivity index is 1.42. The fourth-order valence-electron chi connectivity index (χ4n) is 3.94. The number of hydrogen-bond donors (Lipinski definition) is 1. The van der Waals surface area contributed by atoms with Crippen molar-refractivity contribution >= 4 is 29.4 Å². The number of carbonyl (C=O) groups excluding carboxylic acids is 3. The minimum absolute atomic E-state index is 0.164. The molecule has 2 aromatic rings. The highest BCUT2D eigenvalue weighted by Gasteiger charge is 2.33. The van der Waals surface area contributed by atoms with Crippen molar-refractivity contribution in [3.63, 3.8) is 0 Å². The minimum atomic E-state index is -0.591. The Morgan fingerprint density at radius 1 is 1.21 bits per heavy atom. The Morgan fingerprint density at radius 3 is 2.74 bits per heavy atom. The maximum atomic E-state index is 15.1. The van der Waals surface area contributed by atoms with Gasteiger partial charge in [-0.3, -0.25) is 14.6 Å². The number of benzene rings is 2. The topological polar surface area (TPSA) is 88.2 Å². The van der Waals surface area contributed by atoms with Crippen molar-refractivity contribution in [3.05, 3.63) is 71.7 Å². The second-order valence-corrected chi connectivity index (χ2v) is 8.21. The van der Waals surface area contributed by atoms with Crippen LogP contribution < -0.4 is 10.2 Å². The normalized spacial score (nSPS) is 17.8. The number of halogens is 1. The van der Waals surface area contributed by atoms with Crippen molar-refractivity contribution in [2.45, 2.75) is 32.5 Å². The summed E-state index contributed by atoms with van der Waals surface area (Å²) >= 11 is 0. The lowest BCUT2D eigenvalue weighted by atomic mass is 9.98. The van der Waals surface area contributed by atoms with Gasteiger partial charge in [-0.15, -0.1) is 0 Å². The van der Waals surface area contributed by atoms with E-state index in [1.165, 1.54) is 22.8 Å². The summed E-state index contributed by atoms with van der Waals surface area (Å²) in [5.74, 6) is -0.718. The van der Waals surface area contributed by atoms with Gasteiger partial charge >= 0.3 is 12.2 Å². The van der Waals surface area contributed by atoms with Gasteiger partial charge in [-0.1, -0.05) is 30.3 Å². The SMILES string of the molecule is CC(=O)NC[C@H]1CN(c2ccc(C3=CN(C(=O)OCc4ccccc4)CCC3)c(F)c2)C(=O)O1. The summed E-state index contributed by atoms with van der Waals surface area (Å²) in [4.78, 5) is 38.6. The smallest absolute Gasteiger partial charge is 0.414 e. The first-order valence-electron chi connectivity index (χ1n) is 11.1. The Morgan fingerprint density at radius 2 is 2.00 bits per heavy atom. The van der Waals surface area contributed by atoms with Gasteiger partial charge in [0.05, 0.1) is 18.8 Å². The first-order valence-corrected chi connectivity index (χ1v) is 11.1. The predicted octanol–water partition coefficient (Wildman–Crippen LogP) is 4.06. The molecule has 1 fully saturated rings. The molecular formula is C25H26FN3O5. The maximum Gasteiger partial charge on any atom is 0.414 e. The van der Waals surface area contributed by atoms with E-state index in [1.807, 2.05) is 30.3 Å². The second-order valence-electron chi connectivity index (χ2n) is 8.21. The molecule has 0 unspecified atom stereocenters. The zero-order valence-electron chi connectivity index (χ0n) is 18.8. The Labute approximate surface area is 196 Å². The molecule has 8 nitrogen and oxygen atoms in total. The molecule has 34 heavy (non-hydrogen) atoms. The van der Waals surface area contributed by atoms with Crippen molar-refractivity contribution in [1.29, 1.82) is 0 Å². The van der Waals surface area contributed by atoms with Crippen LogP contribution in [0.1, 0.15) is 30.9 Å². The summed E-state index contributed by atoms with van der Waals surface area (Å²) < 4.78 is 25.7. The molecule has 4 rings (SSSR count). The number of allylic oxidation sites excluding steroid dienone is 1. The monoisotopic (exact) mass is 467 g/mol. The van der Waals surface area contributed by atoms with Crippen molar-refractivity contribution in [1.82, 2.24) is 10.2 Å². The van der Waals surface area contributed by atoms with Crippen LogP contribution in [-0.2, 0) is 20.9 Å². The summed E-state index contributed by atoms with van der Waals surface area (Å²) in [5.41, 5.74) is 2.30.